The van der Waals surface area contributed by atoms with Crippen molar-refractivity contribution in [1.29, 1.82) is 0 Å². The van der Waals surface area contributed by atoms with Gasteiger partial charge in [0, 0.05) is 26.0 Å². The Hall–Kier alpha value is -2.63. The number of carbonyl (C=O) groups excluding carboxylic acids is 1. The van der Waals surface area contributed by atoms with Crippen LogP contribution in [0.25, 0.3) is 0 Å². The summed E-state index contributed by atoms with van der Waals surface area (Å²) in [5.41, 5.74) is -0.574. The number of nitrogens with one attached hydrogen (secondary N) is 1. The Morgan fingerprint density at radius 3 is 2.47 bits per heavy atom. The van der Waals surface area contributed by atoms with Gasteiger partial charge in [0.1, 0.15) is 5.56 Å². The minimum atomic E-state index is -0.614. The number of H-pyrrole nitrogens is 1. The number of hydrogen-bond donors (Lipinski definition) is 1. The van der Waals surface area contributed by atoms with Crippen LogP contribution in [0.5, 0.6) is 0 Å². The largest absolute Gasteiger partial charge is 0.328 e. The molecule has 0 atom stereocenters. The molecule has 0 saturated carbocycles. The number of carbonyl (C=O) groups is 1. The Bertz CT molecular complexity index is 716. The van der Waals surface area contributed by atoms with Gasteiger partial charge in [0.2, 0.25) is 0 Å². The van der Waals surface area contributed by atoms with Gasteiger partial charge < -0.3 is 9.88 Å². The summed E-state index contributed by atoms with van der Waals surface area (Å²) >= 11 is 0. The molecule has 1 heterocycles. The van der Waals surface area contributed by atoms with E-state index in [2.05, 4.69) is 4.98 Å². The minimum Gasteiger partial charge on any atom is -0.313 e. The fraction of sp³-hybridized carbons (Fsp3) is 0.154. The molecule has 1 amide bonds. The fourth-order valence-electron chi connectivity index (χ4n) is 1.67. The number of para-hydroxylation sites is 1. The van der Waals surface area contributed by atoms with Gasteiger partial charge in [-0.3, -0.25) is 14.2 Å². The van der Waals surface area contributed by atoms with Crippen LogP contribution in [0, 0.1) is 0 Å². The molecule has 19 heavy (non-hydrogen) atoms. The molecule has 1 aromatic heterocycles. The third-order valence-corrected chi connectivity index (χ3v) is 2.86. The van der Waals surface area contributed by atoms with E-state index in [-0.39, 0.29) is 5.56 Å². The lowest BCUT2D eigenvalue weighted by atomic mass is 10.2. The Morgan fingerprint density at radius 1 is 1.21 bits per heavy atom. The molecule has 0 fully saturated rings. The van der Waals surface area contributed by atoms with Crippen molar-refractivity contribution in [1.82, 2.24) is 9.55 Å². The van der Waals surface area contributed by atoms with Crippen molar-refractivity contribution in [3.63, 3.8) is 0 Å². The zero-order chi connectivity index (χ0) is 14.0. The first-order chi connectivity index (χ1) is 9.02. The first-order valence-electron chi connectivity index (χ1n) is 5.64. The predicted molar refractivity (Wildman–Crippen MR) is 71.5 cm³/mol. The first-order valence-corrected chi connectivity index (χ1v) is 5.64. The first kappa shape index (κ1) is 12.8. The third kappa shape index (κ3) is 2.33. The van der Waals surface area contributed by atoms with Gasteiger partial charge in [0.15, 0.2) is 0 Å². The molecule has 6 heteroatoms. The van der Waals surface area contributed by atoms with Crippen LogP contribution in [-0.2, 0) is 7.05 Å². The molecule has 0 aliphatic rings. The monoisotopic (exact) mass is 259 g/mol. The van der Waals surface area contributed by atoms with Crippen LogP contribution >= 0.6 is 0 Å². The molecule has 2 rings (SSSR count). The number of rotatable bonds is 2. The summed E-state index contributed by atoms with van der Waals surface area (Å²) in [6.45, 7) is 0. The summed E-state index contributed by atoms with van der Waals surface area (Å²) in [5, 5.41) is 0. The molecule has 0 saturated heterocycles. The molecule has 0 spiro atoms. The maximum atomic E-state index is 12.2. The number of nitrogens with zero attached hydrogens (tertiary/aromatic N) is 2. The van der Waals surface area contributed by atoms with Gasteiger partial charge in [0.25, 0.3) is 11.5 Å². The Morgan fingerprint density at radius 2 is 1.84 bits per heavy atom. The van der Waals surface area contributed by atoms with E-state index in [0.29, 0.717) is 5.69 Å². The lowest BCUT2D eigenvalue weighted by Crippen LogP contribution is -2.39. The van der Waals surface area contributed by atoms with Gasteiger partial charge in [-0.2, -0.15) is 0 Å². The molecule has 0 aliphatic carbocycles. The van der Waals surface area contributed by atoms with Gasteiger partial charge in [-0.15, -0.1) is 0 Å². The summed E-state index contributed by atoms with van der Waals surface area (Å²) < 4.78 is 0.867. The lowest BCUT2D eigenvalue weighted by molar-refractivity contribution is 0.0990. The second-order valence-corrected chi connectivity index (χ2v) is 4.07. The van der Waals surface area contributed by atoms with Crippen LogP contribution in [0.3, 0.4) is 0 Å². The zero-order valence-electron chi connectivity index (χ0n) is 10.6. The fourth-order valence-corrected chi connectivity index (χ4v) is 1.67. The maximum Gasteiger partial charge on any atom is 0.328 e. The highest BCUT2D eigenvalue weighted by Crippen LogP contribution is 2.12. The summed E-state index contributed by atoms with van der Waals surface area (Å²) in [6, 6.07) is 8.94. The van der Waals surface area contributed by atoms with E-state index in [1.807, 2.05) is 6.07 Å². The molecule has 0 aliphatic heterocycles. The quantitative estimate of drug-likeness (QED) is 0.845. The van der Waals surface area contributed by atoms with Crippen LogP contribution in [0.2, 0.25) is 0 Å². The number of benzene rings is 1. The molecule has 0 unspecified atom stereocenters. The summed E-state index contributed by atoms with van der Waals surface area (Å²) in [7, 11) is 2.89. The number of aromatic nitrogens is 2. The number of aromatic amines is 1. The molecular weight excluding hydrogens is 246 g/mol. The molecule has 1 aromatic carbocycles. The molecule has 98 valence electrons. The highest BCUT2D eigenvalue weighted by atomic mass is 16.2. The normalized spacial score (nSPS) is 10.2. The Balaban J connectivity index is 2.44. The van der Waals surface area contributed by atoms with Crippen molar-refractivity contribution >= 4 is 11.6 Å². The van der Waals surface area contributed by atoms with Crippen molar-refractivity contribution < 1.29 is 4.79 Å². The molecule has 6 nitrogen and oxygen atoms in total. The molecule has 0 radical (unpaired) electrons. The predicted octanol–water partition coefficient (Wildman–Crippen LogP) is 0.350. The van der Waals surface area contributed by atoms with Gasteiger partial charge in [-0.1, -0.05) is 18.2 Å². The van der Waals surface area contributed by atoms with Crippen LogP contribution < -0.4 is 16.1 Å². The number of amides is 1. The van der Waals surface area contributed by atoms with E-state index >= 15 is 0 Å². The van der Waals surface area contributed by atoms with Crippen molar-refractivity contribution in [2.45, 2.75) is 0 Å². The molecule has 1 N–H and O–H groups in total. The van der Waals surface area contributed by atoms with E-state index in [9.17, 15) is 14.4 Å². The average molecular weight is 259 g/mol. The van der Waals surface area contributed by atoms with E-state index < -0.39 is 17.2 Å². The Labute approximate surface area is 108 Å². The SMILES string of the molecule is CN(C(=O)c1c[nH]c(=O)n(C)c1=O)c1ccccc1. The summed E-state index contributed by atoms with van der Waals surface area (Å²) in [6.07, 6.45) is 1.15. The van der Waals surface area contributed by atoms with Gasteiger partial charge >= 0.3 is 5.69 Å². The van der Waals surface area contributed by atoms with Gasteiger partial charge in [0.05, 0.1) is 0 Å². The second kappa shape index (κ2) is 4.93. The van der Waals surface area contributed by atoms with Crippen LogP contribution in [0.4, 0.5) is 5.69 Å². The van der Waals surface area contributed by atoms with Crippen molar-refractivity contribution in [3.05, 3.63) is 62.9 Å². The highest BCUT2D eigenvalue weighted by molar-refractivity contribution is 6.05. The summed E-state index contributed by atoms with van der Waals surface area (Å²) in [5.74, 6) is -0.469. The smallest absolute Gasteiger partial charge is 0.313 e. The van der Waals surface area contributed by atoms with E-state index in [0.717, 1.165) is 10.8 Å². The zero-order valence-corrected chi connectivity index (χ0v) is 10.6. The number of hydrogen-bond acceptors (Lipinski definition) is 3. The standard InChI is InChI=1S/C13H13N3O3/c1-15(9-6-4-3-5-7-9)11(17)10-8-14-13(19)16(2)12(10)18/h3-8H,1-2H3,(H,14,19). The second-order valence-electron chi connectivity index (χ2n) is 4.07. The third-order valence-electron chi connectivity index (χ3n) is 2.86. The van der Waals surface area contributed by atoms with Crippen LogP contribution in [-0.4, -0.2) is 22.5 Å². The topological polar surface area (TPSA) is 75.2 Å². The lowest BCUT2D eigenvalue weighted by Gasteiger charge is -2.16. The minimum absolute atomic E-state index is 0.0755. The van der Waals surface area contributed by atoms with Crippen molar-refractivity contribution in [2.75, 3.05) is 11.9 Å². The highest BCUT2D eigenvalue weighted by Gasteiger charge is 2.18. The Kier molecular flexibility index (Phi) is 3.33. The number of anilines is 1. The summed E-state index contributed by atoms with van der Waals surface area (Å²) in [4.78, 5) is 39.0. The molecular formula is C13H13N3O3. The average Bonchev–Trinajstić information content (AvgIpc) is 2.44. The van der Waals surface area contributed by atoms with Gasteiger partial charge in [-0.05, 0) is 12.1 Å². The van der Waals surface area contributed by atoms with Crippen molar-refractivity contribution in [3.8, 4) is 0 Å². The van der Waals surface area contributed by atoms with Crippen molar-refractivity contribution in [2.24, 2.45) is 7.05 Å². The van der Waals surface area contributed by atoms with E-state index in [1.54, 1.807) is 31.3 Å². The molecule has 0 bridgehead atoms. The van der Waals surface area contributed by atoms with E-state index in [4.69, 9.17) is 0 Å². The maximum absolute atomic E-state index is 12.2. The van der Waals surface area contributed by atoms with Crippen LogP contribution in [0.1, 0.15) is 10.4 Å². The van der Waals surface area contributed by atoms with Crippen LogP contribution in [0.15, 0.2) is 46.1 Å². The van der Waals surface area contributed by atoms with Gasteiger partial charge in [-0.25, -0.2) is 4.79 Å². The van der Waals surface area contributed by atoms with E-state index in [1.165, 1.54) is 11.9 Å². The molecule has 2 aromatic rings.